The summed E-state index contributed by atoms with van der Waals surface area (Å²) >= 11 is 1.98. The molecule has 1 aliphatic rings. The number of hydrogen-bond acceptors (Lipinski definition) is 4. The molecule has 0 spiro atoms. The monoisotopic (exact) mass is 373 g/mol. The van der Waals surface area contributed by atoms with Crippen molar-refractivity contribution < 1.29 is 18.3 Å². The molecule has 1 fully saturated rings. The highest BCUT2D eigenvalue weighted by atomic mass is 32.2. The zero-order chi connectivity index (χ0) is 18.3. The number of benzene rings is 1. The lowest BCUT2D eigenvalue weighted by atomic mass is 10.1. The van der Waals surface area contributed by atoms with E-state index in [9.17, 15) is 8.78 Å². The van der Waals surface area contributed by atoms with E-state index in [1.807, 2.05) is 11.8 Å². The molecule has 140 valence electrons. The van der Waals surface area contributed by atoms with E-state index in [1.54, 1.807) is 25.2 Å². The summed E-state index contributed by atoms with van der Waals surface area (Å²) in [6.07, 6.45) is 2.43. The number of nitrogens with one attached hydrogen (secondary N) is 2. The predicted molar refractivity (Wildman–Crippen MR) is 97.9 cm³/mol. The van der Waals surface area contributed by atoms with Crippen LogP contribution in [-0.4, -0.2) is 43.8 Å². The topological polar surface area (TPSA) is 54.9 Å². The number of aliphatic imine (C=N–C) groups is 1. The molecule has 1 unspecified atom stereocenters. The molecule has 5 nitrogen and oxygen atoms in total. The van der Waals surface area contributed by atoms with Crippen LogP contribution in [0, 0.1) is 0 Å². The van der Waals surface area contributed by atoms with Gasteiger partial charge in [0.2, 0.25) is 0 Å². The molecule has 1 aromatic rings. The van der Waals surface area contributed by atoms with Crippen molar-refractivity contribution in [3.8, 4) is 11.5 Å². The Kier molecular flexibility index (Phi) is 7.16. The second kappa shape index (κ2) is 9.12. The summed E-state index contributed by atoms with van der Waals surface area (Å²) in [7, 11) is 3.12. The lowest BCUT2D eigenvalue weighted by Gasteiger charge is -2.24. The van der Waals surface area contributed by atoms with Crippen LogP contribution in [0.4, 0.5) is 8.78 Å². The van der Waals surface area contributed by atoms with Crippen LogP contribution in [0.3, 0.4) is 0 Å². The number of halogens is 2. The van der Waals surface area contributed by atoms with Gasteiger partial charge >= 0.3 is 6.61 Å². The maximum atomic E-state index is 12.5. The van der Waals surface area contributed by atoms with Gasteiger partial charge in [-0.2, -0.15) is 20.5 Å². The van der Waals surface area contributed by atoms with E-state index < -0.39 is 6.61 Å². The molecule has 0 bridgehead atoms. The van der Waals surface area contributed by atoms with Crippen molar-refractivity contribution in [3.63, 3.8) is 0 Å². The highest BCUT2D eigenvalue weighted by molar-refractivity contribution is 8.00. The molecule has 1 atom stereocenters. The van der Waals surface area contributed by atoms with E-state index in [1.165, 1.54) is 25.7 Å². The summed E-state index contributed by atoms with van der Waals surface area (Å²) in [6, 6.07) is 4.95. The summed E-state index contributed by atoms with van der Waals surface area (Å²) in [5.41, 5.74) is 0.792. The largest absolute Gasteiger partial charge is 0.493 e. The minimum Gasteiger partial charge on any atom is -0.493 e. The Labute approximate surface area is 151 Å². The number of thioether (sulfide) groups is 1. The number of hydrogen-bond donors (Lipinski definition) is 2. The van der Waals surface area contributed by atoms with Gasteiger partial charge < -0.3 is 20.1 Å². The van der Waals surface area contributed by atoms with E-state index in [4.69, 9.17) is 4.74 Å². The average Bonchev–Trinajstić information content (AvgIpc) is 3.01. The molecular weight excluding hydrogens is 348 g/mol. The number of nitrogens with zero attached hydrogens (tertiary/aromatic N) is 1. The van der Waals surface area contributed by atoms with Gasteiger partial charge in [-0.05, 0) is 43.2 Å². The standard InChI is InChI=1S/C17H25F2N3O2S/c1-17(7-4-8-25-17)11-22-16(20-2)21-10-12-5-6-13(23-3)14(9-12)24-15(18)19/h5-6,9,15H,4,7-8,10-11H2,1-3H3,(H2,20,21,22). The van der Waals surface area contributed by atoms with Gasteiger partial charge in [-0.15, -0.1) is 0 Å². The van der Waals surface area contributed by atoms with Gasteiger partial charge in [0.15, 0.2) is 17.5 Å². The Bertz CT molecular complexity index is 593. The van der Waals surface area contributed by atoms with Gasteiger partial charge in [0.25, 0.3) is 0 Å². The predicted octanol–water partition coefficient (Wildman–Crippen LogP) is 3.25. The highest BCUT2D eigenvalue weighted by Crippen LogP contribution is 2.36. The van der Waals surface area contributed by atoms with Crippen LogP contribution in [0.25, 0.3) is 0 Å². The molecule has 1 aromatic carbocycles. The summed E-state index contributed by atoms with van der Waals surface area (Å²) < 4.78 is 34.8. The Morgan fingerprint density at radius 1 is 1.36 bits per heavy atom. The second-order valence-electron chi connectivity index (χ2n) is 6.04. The van der Waals surface area contributed by atoms with Crippen LogP contribution in [0.2, 0.25) is 0 Å². The summed E-state index contributed by atoms with van der Waals surface area (Å²) in [4.78, 5) is 4.21. The average molecular weight is 373 g/mol. The molecule has 0 aromatic heterocycles. The molecule has 0 aliphatic carbocycles. The lowest BCUT2D eigenvalue weighted by Crippen LogP contribution is -2.43. The Morgan fingerprint density at radius 3 is 2.76 bits per heavy atom. The maximum absolute atomic E-state index is 12.5. The fraction of sp³-hybridized carbons (Fsp3) is 0.588. The Hall–Kier alpha value is -1.70. The van der Waals surface area contributed by atoms with Crippen molar-refractivity contribution in [2.75, 3.05) is 26.5 Å². The lowest BCUT2D eigenvalue weighted by molar-refractivity contribution is -0.0512. The van der Waals surface area contributed by atoms with Crippen molar-refractivity contribution in [3.05, 3.63) is 23.8 Å². The van der Waals surface area contributed by atoms with E-state index in [0.717, 1.165) is 12.1 Å². The van der Waals surface area contributed by atoms with E-state index in [-0.39, 0.29) is 16.2 Å². The van der Waals surface area contributed by atoms with E-state index in [2.05, 4.69) is 27.3 Å². The number of guanidine groups is 1. The van der Waals surface area contributed by atoms with Gasteiger partial charge in [0.1, 0.15) is 0 Å². The second-order valence-corrected chi connectivity index (χ2v) is 7.73. The molecule has 1 heterocycles. The Balaban J connectivity index is 1.92. The molecule has 0 radical (unpaired) electrons. The van der Waals surface area contributed by atoms with Gasteiger partial charge in [0, 0.05) is 24.9 Å². The van der Waals surface area contributed by atoms with Crippen LogP contribution in [0.15, 0.2) is 23.2 Å². The van der Waals surface area contributed by atoms with Crippen molar-refractivity contribution in [2.45, 2.75) is 37.7 Å². The highest BCUT2D eigenvalue weighted by Gasteiger charge is 2.29. The Morgan fingerprint density at radius 2 is 2.16 bits per heavy atom. The van der Waals surface area contributed by atoms with E-state index in [0.29, 0.717) is 12.5 Å². The van der Waals surface area contributed by atoms with Crippen LogP contribution in [0.5, 0.6) is 11.5 Å². The molecule has 25 heavy (non-hydrogen) atoms. The first-order valence-corrected chi connectivity index (χ1v) is 9.14. The zero-order valence-corrected chi connectivity index (χ0v) is 15.6. The summed E-state index contributed by atoms with van der Waals surface area (Å²) in [5.74, 6) is 2.18. The number of ether oxygens (including phenoxy) is 2. The molecule has 0 amide bonds. The van der Waals surface area contributed by atoms with Gasteiger partial charge in [-0.25, -0.2) is 0 Å². The number of alkyl halides is 2. The minimum absolute atomic E-state index is 0.0228. The third kappa shape index (κ3) is 5.95. The van der Waals surface area contributed by atoms with Crippen LogP contribution < -0.4 is 20.1 Å². The van der Waals surface area contributed by atoms with Crippen molar-refractivity contribution >= 4 is 17.7 Å². The SMILES string of the molecule is CN=C(NCc1ccc(OC)c(OC(F)F)c1)NCC1(C)CCCS1. The third-order valence-electron chi connectivity index (χ3n) is 4.06. The third-order valence-corrected chi connectivity index (χ3v) is 5.60. The maximum Gasteiger partial charge on any atom is 0.387 e. The first-order valence-electron chi connectivity index (χ1n) is 8.16. The van der Waals surface area contributed by atoms with Crippen LogP contribution >= 0.6 is 11.8 Å². The fourth-order valence-electron chi connectivity index (χ4n) is 2.67. The van der Waals surface area contributed by atoms with Crippen molar-refractivity contribution in [1.82, 2.24) is 10.6 Å². The molecule has 1 saturated heterocycles. The molecular formula is C17H25F2N3O2S. The molecule has 1 aliphatic heterocycles. The summed E-state index contributed by atoms with van der Waals surface area (Å²) in [5, 5.41) is 6.52. The smallest absolute Gasteiger partial charge is 0.387 e. The van der Waals surface area contributed by atoms with Gasteiger partial charge in [0.05, 0.1) is 7.11 Å². The van der Waals surface area contributed by atoms with Crippen molar-refractivity contribution in [1.29, 1.82) is 0 Å². The molecule has 8 heteroatoms. The zero-order valence-electron chi connectivity index (χ0n) is 14.8. The molecule has 2 rings (SSSR count). The minimum atomic E-state index is -2.89. The van der Waals surface area contributed by atoms with Gasteiger partial charge in [-0.1, -0.05) is 6.07 Å². The van der Waals surface area contributed by atoms with Gasteiger partial charge in [-0.3, -0.25) is 4.99 Å². The molecule has 0 saturated carbocycles. The first-order chi connectivity index (χ1) is 12.0. The van der Waals surface area contributed by atoms with Crippen LogP contribution in [0.1, 0.15) is 25.3 Å². The van der Waals surface area contributed by atoms with E-state index >= 15 is 0 Å². The number of rotatable bonds is 7. The van der Waals surface area contributed by atoms with Crippen molar-refractivity contribution in [2.24, 2.45) is 4.99 Å². The molecule has 2 N–H and O–H groups in total. The van der Waals surface area contributed by atoms with Crippen LogP contribution in [-0.2, 0) is 6.54 Å². The first kappa shape index (κ1) is 19.6. The fourth-order valence-corrected chi connectivity index (χ4v) is 3.92. The number of methoxy groups -OCH3 is 1. The normalized spacial score (nSPS) is 20.6. The summed E-state index contributed by atoms with van der Waals surface area (Å²) in [6.45, 7) is 0.631. The quantitative estimate of drug-likeness (QED) is 0.568.